The summed E-state index contributed by atoms with van der Waals surface area (Å²) in [5.74, 6) is -0.206. The molecule has 120 valence electrons. The molecular formula is C17H20N4O2. The molecule has 1 unspecified atom stereocenters. The number of carbonyl (C=O) groups is 2. The van der Waals surface area contributed by atoms with E-state index in [-0.39, 0.29) is 11.8 Å². The number of aromatic nitrogens is 2. The molecule has 0 saturated carbocycles. The molecule has 0 spiro atoms. The van der Waals surface area contributed by atoms with E-state index in [2.05, 4.69) is 9.97 Å². The maximum atomic E-state index is 12.6. The van der Waals surface area contributed by atoms with Gasteiger partial charge in [-0.25, -0.2) is 4.98 Å². The monoisotopic (exact) mass is 312 g/mol. The second kappa shape index (κ2) is 6.24. The number of aromatic amines is 1. The van der Waals surface area contributed by atoms with Crippen molar-refractivity contribution in [3.05, 3.63) is 53.6 Å². The van der Waals surface area contributed by atoms with E-state index in [1.165, 1.54) is 18.1 Å². The number of nitrogens with one attached hydrogen (secondary N) is 1. The molecule has 0 bridgehead atoms. The van der Waals surface area contributed by atoms with E-state index in [1.54, 1.807) is 11.8 Å². The van der Waals surface area contributed by atoms with E-state index < -0.39 is 6.04 Å². The minimum Gasteiger partial charge on any atom is -0.341 e. The summed E-state index contributed by atoms with van der Waals surface area (Å²) in [7, 11) is 0. The van der Waals surface area contributed by atoms with Gasteiger partial charge in [0.05, 0.1) is 12.5 Å². The Morgan fingerprint density at radius 1 is 1.30 bits per heavy atom. The molecule has 1 fully saturated rings. The van der Waals surface area contributed by atoms with E-state index in [1.807, 2.05) is 36.1 Å². The Kier molecular flexibility index (Phi) is 4.14. The molecule has 6 heteroatoms. The van der Waals surface area contributed by atoms with Crippen LogP contribution >= 0.6 is 0 Å². The van der Waals surface area contributed by atoms with E-state index in [0.29, 0.717) is 25.3 Å². The number of H-pyrrole nitrogens is 1. The molecule has 1 aromatic heterocycles. The highest BCUT2D eigenvalue weighted by Gasteiger charge is 2.34. The van der Waals surface area contributed by atoms with Gasteiger partial charge in [0.2, 0.25) is 5.91 Å². The molecule has 1 saturated heterocycles. The number of carbonyl (C=O) groups excluding carboxylic acids is 2. The Bertz CT molecular complexity index is 694. The molecule has 0 radical (unpaired) electrons. The van der Waals surface area contributed by atoms with Crippen molar-refractivity contribution in [1.82, 2.24) is 19.8 Å². The highest BCUT2D eigenvalue weighted by Crippen LogP contribution is 2.17. The van der Waals surface area contributed by atoms with Crippen molar-refractivity contribution in [2.45, 2.75) is 26.4 Å². The van der Waals surface area contributed by atoms with Gasteiger partial charge in [-0.05, 0) is 19.4 Å². The molecule has 3 rings (SSSR count). The Morgan fingerprint density at radius 3 is 2.70 bits per heavy atom. The number of amides is 2. The van der Waals surface area contributed by atoms with Crippen LogP contribution in [-0.4, -0.2) is 50.7 Å². The van der Waals surface area contributed by atoms with Crippen LogP contribution in [0.2, 0.25) is 0 Å². The van der Waals surface area contributed by atoms with Gasteiger partial charge in [-0.1, -0.05) is 29.8 Å². The average Bonchev–Trinajstić information content (AvgIpc) is 3.08. The van der Waals surface area contributed by atoms with Crippen LogP contribution in [0, 0.1) is 6.92 Å². The van der Waals surface area contributed by atoms with Gasteiger partial charge in [-0.2, -0.15) is 0 Å². The second-order valence-corrected chi connectivity index (χ2v) is 5.89. The van der Waals surface area contributed by atoms with Crippen molar-refractivity contribution in [3.63, 3.8) is 0 Å². The molecule has 23 heavy (non-hydrogen) atoms. The zero-order valence-electron chi connectivity index (χ0n) is 13.3. The van der Waals surface area contributed by atoms with Crippen molar-refractivity contribution in [3.8, 4) is 0 Å². The summed E-state index contributed by atoms with van der Waals surface area (Å²) in [5, 5.41) is 0. The molecule has 2 aromatic rings. The molecule has 6 nitrogen and oxygen atoms in total. The number of imidazole rings is 1. The van der Waals surface area contributed by atoms with Gasteiger partial charge in [0, 0.05) is 19.6 Å². The zero-order valence-corrected chi connectivity index (χ0v) is 13.3. The highest BCUT2D eigenvalue weighted by molar-refractivity contribution is 5.96. The molecule has 1 aromatic carbocycles. The molecule has 1 aliphatic rings. The van der Waals surface area contributed by atoms with Crippen LogP contribution in [0.25, 0.3) is 0 Å². The summed E-state index contributed by atoms with van der Waals surface area (Å²) in [6.45, 7) is 5.46. The first-order valence-electron chi connectivity index (χ1n) is 7.70. The number of rotatable bonds is 3. The predicted octanol–water partition coefficient (Wildman–Crippen LogP) is 1.59. The van der Waals surface area contributed by atoms with Crippen LogP contribution in [-0.2, 0) is 11.3 Å². The molecule has 0 aliphatic carbocycles. The third-order valence-corrected chi connectivity index (χ3v) is 4.23. The lowest BCUT2D eigenvalue weighted by atomic mass is 10.1. The van der Waals surface area contributed by atoms with Crippen LogP contribution in [0.15, 0.2) is 36.8 Å². The first kappa shape index (κ1) is 15.3. The average molecular weight is 312 g/mol. The van der Waals surface area contributed by atoms with Crippen molar-refractivity contribution >= 4 is 11.8 Å². The molecule has 1 aliphatic heterocycles. The van der Waals surface area contributed by atoms with Crippen LogP contribution < -0.4 is 0 Å². The lowest BCUT2D eigenvalue weighted by Crippen LogP contribution is -2.57. The van der Waals surface area contributed by atoms with E-state index >= 15 is 0 Å². The number of benzene rings is 1. The van der Waals surface area contributed by atoms with Gasteiger partial charge in [0.15, 0.2) is 0 Å². The van der Waals surface area contributed by atoms with Gasteiger partial charge in [-0.15, -0.1) is 0 Å². The fourth-order valence-electron chi connectivity index (χ4n) is 2.81. The minimum atomic E-state index is -0.468. The van der Waals surface area contributed by atoms with E-state index in [9.17, 15) is 9.59 Å². The number of aryl methyl sites for hydroxylation is 1. The fraction of sp³-hybridized carbons (Fsp3) is 0.353. The van der Waals surface area contributed by atoms with Crippen LogP contribution in [0.4, 0.5) is 0 Å². The summed E-state index contributed by atoms with van der Waals surface area (Å²) in [4.78, 5) is 35.1. The Morgan fingerprint density at radius 2 is 2.04 bits per heavy atom. The number of nitrogens with zero attached hydrogens (tertiary/aromatic N) is 3. The lowest BCUT2D eigenvalue weighted by Gasteiger charge is -2.39. The summed E-state index contributed by atoms with van der Waals surface area (Å²) in [6.07, 6.45) is 2.95. The summed E-state index contributed by atoms with van der Waals surface area (Å²) in [6, 6.07) is 7.69. The van der Waals surface area contributed by atoms with Gasteiger partial charge in [-0.3, -0.25) is 9.59 Å². The van der Waals surface area contributed by atoms with Crippen LogP contribution in [0.3, 0.4) is 0 Å². The van der Waals surface area contributed by atoms with E-state index in [0.717, 1.165) is 5.56 Å². The van der Waals surface area contributed by atoms with Gasteiger partial charge in [0.1, 0.15) is 11.7 Å². The number of hydrogen-bond acceptors (Lipinski definition) is 3. The summed E-state index contributed by atoms with van der Waals surface area (Å²) < 4.78 is 0. The van der Waals surface area contributed by atoms with Gasteiger partial charge >= 0.3 is 0 Å². The standard InChI is InChI=1S/C17H20N4O2/c1-12-3-5-14(6-4-12)10-20-7-8-21(13(2)16(20)22)17(23)15-9-18-11-19-15/h3-6,9,11,13H,7-8,10H2,1-2H3,(H,18,19). The van der Waals surface area contributed by atoms with Crippen molar-refractivity contribution in [2.75, 3.05) is 13.1 Å². The maximum absolute atomic E-state index is 12.6. The number of hydrogen-bond donors (Lipinski definition) is 1. The summed E-state index contributed by atoms with van der Waals surface area (Å²) in [5.41, 5.74) is 2.71. The van der Waals surface area contributed by atoms with Crippen molar-refractivity contribution < 1.29 is 9.59 Å². The summed E-state index contributed by atoms with van der Waals surface area (Å²) >= 11 is 0. The largest absolute Gasteiger partial charge is 0.341 e. The Hall–Kier alpha value is -2.63. The second-order valence-electron chi connectivity index (χ2n) is 5.89. The smallest absolute Gasteiger partial charge is 0.272 e. The fourth-order valence-corrected chi connectivity index (χ4v) is 2.81. The number of piperazine rings is 1. The predicted molar refractivity (Wildman–Crippen MR) is 85.7 cm³/mol. The highest BCUT2D eigenvalue weighted by atomic mass is 16.2. The third kappa shape index (κ3) is 3.11. The normalized spacial score (nSPS) is 18.3. The van der Waals surface area contributed by atoms with Crippen LogP contribution in [0.1, 0.15) is 28.5 Å². The topological polar surface area (TPSA) is 69.3 Å². The minimum absolute atomic E-state index is 0.0234. The first-order chi connectivity index (χ1) is 11.1. The van der Waals surface area contributed by atoms with E-state index in [4.69, 9.17) is 0 Å². The Labute approximate surface area is 135 Å². The van der Waals surface area contributed by atoms with Crippen LogP contribution in [0.5, 0.6) is 0 Å². The van der Waals surface area contributed by atoms with Gasteiger partial charge < -0.3 is 14.8 Å². The maximum Gasteiger partial charge on any atom is 0.272 e. The quantitative estimate of drug-likeness (QED) is 0.936. The molecular weight excluding hydrogens is 292 g/mol. The molecule has 1 atom stereocenters. The van der Waals surface area contributed by atoms with Crippen molar-refractivity contribution in [1.29, 1.82) is 0 Å². The Balaban J connectivity index is 1.68. The zero-order chi connectivity index (χ0) is 16.4. The van der Waals surface area contributed by atoms with Crippen molar-refractivity contribution in [2.24, 2.45) is 0 Å². The molecule has 2 heterocycles. The molecule has 1 N–H and O–H groups in total. The van der Waals surface area contributed by atoms with Gasteiger partial charge in [0.25, 0.3) is 5.91 Å². The SMILES string of the molecule is Cc1ccc(CN2CCN(C(=O)c3cnc[nH]3)C(C)C2=O)cc1. The lowest BCUT2D eigenvalue weighted by molar-refractivity contribution is -0.140. The molecule has 2 amide bonds. The first-order valence-corrected chi connectivity index (χ1v) is 7.70. The third-order valence-electron chi connectivity index (χ3n) is 4.23.